The normalized spacial score (nSPS) is 11.8. The highest BCUT2D eigenvalue weighted by Gasteiger charge is 2.24. The van der Waals surface area contributed by atoms with E-state index in [0.29, 0.717) is 29.7 Å². The number of hydrogen-bond acceptors (Lipinski definition) is 4. The zero-order valence-electron chi connectivity index (χ0n) is 14.6. The van der Waals surface area contributed by atoms with Gasteiger partial charge in [0.05, 0.1) is 5.56 Å². The molecule has 0 atom stereocenters. The number of hydrogen-bond donors (Lipinski definition) is 2. The largest absolute Gasteiger partial charge is 0.507 e. The molecule has 1 heterocycles. The van der Waals surface area contributed by atoms with Crippen LogP contribution < -0.4 is 0 Å². The van der Waals surface area contributed by atoms with Gasteiger partial charge < -0.3 is 24.6 Å². The van der Waals surface area contributed by atoms with Gasteiger partial charge in [-0.15, -0.1) is 0 Å². The Bertz CT molecular complexity index is 761. The first kappa shape index (κ1) is 17.3. The molecule has 1 aromatic carbocycles. The van der Waals surface area contributed by atoms with Crippen molar-refractivity contribution in [2.24, 2.45) is 7.05 Å². The zero-order valence-corrected chi connectivity index (χ0v) is 14.6. The minimum absolute atomic E-state index is 0.188. The lowest BCUT2D eigenvalue weighted by Gasteiger charge is -2.18. The van der Waals surface area contributed by atoms with Gasteiger partial charge in [-0.25, -0.2) is 4.79 Å². The number of aromatic carboxylic acids is 1. The Morgan fingerprint density at radius 3 is 2.22 bits per heavy atom. The fourth-order valence-electron chi connectivity index (χ4n) is 3.04. The highest BCUT2D eigenvalue weighted by molar-refractivity contribution is 6.07. The van der Waals surface area contributed by atoms with E-state index in [0.717, 1.165) is 11.1 Å². The summed E-state index contributed by atoms with van der Waals surface area (Å²) in [6.07, 6.45) is 0. The highest BCUT2D eigenvalue weighted by atomic mass is 16.4. The minimum Gasteiger partial charge on any atom is -0.507 e. The van der Waals surface area contributed by atoms with Crippen LogP contribution in [0.3, 0.4) is 0 Å². The lowest BCUT2D eigenvalue weighted by atomic mass is 9.99. The van der Waals surface area contributed by atoms with Gasteiger partial charge >= 0.3 is 5.97 Å². The van der Waals surface area contributed by atoms with E-state index in [1.54, 1.807) is 6.92 Å². The lowest BCUT2D eigenvalue weighted by molar-refractivity contribution is 0.0698. The molecule has 23 heavy (non-hydrogen) atoms. The molecule has 0 radical (unpaired) electrons. The predicted molar refractivity (Wildman–Crippen MR) is 91.1 cm³/mol. The van der Waals surface area contributed by atoms with E-state index < -0.39 is 5.97 Å². The number of carboxylic acid groups (broad SMARTS) is 1. The summed E-state index contributed by atoms with van der Waals surface area (Å²) < 4.78 is 1.89. The molecule has 0 unspecified atom stereocenters. The summed E-state index contributed by atoms with van der Waals surface area (Å²) in [4.78, 5) is 15.7. The molecule has 0 aliphatic heterocycles. The first-order chi connectivity index (χ1) is 10.6. The molecular formula is C17H25N3O3. The van der Waals surface area contributed by atoms with Gasteiger partial charge in [0.25, 0.3) is 0 Å². The number of aromatic nitrogens is 1. The van der Waals surface area contributed by atoms with Crippen molar-refractivity contribution in [2.45, 2.75) is 20.0 Å². The molecule has 0 amide bonds. The molecule has 6 heteroatoms. The summed E-state index contributed by atoms with van der Waals surface area (Å²) in [6.45, 7) is 2.87. The SMILES string of the molecule is Cc1c(C(=O)O)c2c(CN(C)C)c(O)c(CN(C)C)cc2n1C. The average molecular weight is 319 g/mol. The highest BCUT2D eigenvalue weighted by Crippen LogP contribution is 2.37. The molecule has 2 aromatic rings. The number of phenols is 1. The molecule has 0 bridgehead atoms. The molecule has 1 aromatic heterocycles. The minimum atomic E-state index is -0.965. The van der Waals surface area contributed by atoms with Crippen molar-refractivity contribution in [3.63, 3.8) is 0 Å². The molecule has 2 rings (SSSR count). The van der Waals surface area contributed by atoms with Crippen molar-refractivity contribution in [2.75, 3.05) is 28.2 Å². The zero-order chi connectivity index (χ0) is 17.5. The Morgan fingerprint density at radius 1 is 1.17 bits per heavy atom. The van der Waals surface area contributed by atoms with Crippen LogP contribution in [-0.4, -0.2) is 58.7 Å². The quantitative estimate of drug-likeness (QED) is 0.882. The fourth-order valence-corrected chi connectivity index (χ4v) is 3.04. The van der Waals surface area contributed by atoms with Crippen molar-refractivity contribution in [3.8, 4) is 5.75 Å². The Labute approximate surface area is 136 Å². The van der Waals surface area contributed by atoms with Crippen molar-refractivity contribution in [3.05, 3.63) is 28.5 Å². The van der Waals surface area contributed by atoms with Crippen LogP contribution in [-0.2, 0) is 20.1 Å². The summed E-state index contributed by atoms with van der Waals surface area (Å²) in [7, 11) is 9.54. The Balaban J connectivity index is 2.90. The van der Waals surface area contributed by atoms with Crippen LogP contribution in [0.25, 0.3) is 10.9 Å². The van der Waals surface area contributed by atoms with E-state index in [4.69, 9.17) is 0 Å². The number of carbonyl (C=O) groups is 1. The summed E-state index contributed by atoms with van der Waals surface area (Å²) in [5, 5.41) is 21.0. The number of fused-ring (bicyclic) bond motifs is 1. The van der Waals surface area contributed by atoms with Gasteiger partial charge in [-0.05, 0) is 41.2 Å². The average Bonchev–Trinajstić information content (AvgIpc) is 2.66. The van der Waals surface area contributed by atoms with Crippen LogP contribution in [0.15, 0.2) is 6.07 Å². The van der Waals surface area contributed by atoms with Crippen LogP contribution in [0.5, 0.6) is 5.75 Å². The van der Waals surface area contributed by atoms with Crippen LogP contribution in [0.1, 0.15) is 27.2 Å². The Hall–Kier alpha value is -2.05. The smallest absolute Gasteiger partial charge is 0.338 e. The van der Waals surface area contributed by atoms with E-state index in [1.807, 2.05) is 55.7 Å². The van der Waals surface area contributed by atoms with Crippen LogP contribution in [0.4, 0.5) is 0 Å². The number of nitrogens with zero attached hydrogens (tertiary/aromatic N) is 3. The molecule has 0 aliphatic rings. The third-order valence-corrected chi connectivity index (χ3v) is 4.11. The van der Waals surface area contributed by atoms with Crippen LogP contribution in [0, 0.1) is 6.92 Å². The molecule has 0 saturated heterocycles. The van der Waals surface area contributed by atoms with Gasteiger partial charge in [0.15, 0.2) is 0 Å². The van der Waals surface area contributed by atoms with Gasteiger partial charge in [-0.1, -0.05) is 0 Å². The van der Waals surface area contributed by atoms with E-state index >= 15 is 0 Å². The lowest BCUT2D eigenvalue weighted by Crippen LogP contribution is -2.14. The second-order valence-corrected chi connectivity index (χ2v) is 6.56. The molecular weight excluding hydrogens is 294 g/mol. The second kappa shape index (κ2) is 6.22. The molecule has 0 aliphatic carbocycles. The maximum Gasteiger partial charge on any atom is 0.338 e. The summed E-state index contributed by atoms with van der Waals surface area (Å²) in [6, 6.07) is 1.89. The molecule has 6 nitrogen and oxygen atoms in total. The Morgan fingerprint density at radius 2 is 1.74 bits per heavy atom. The summed E-state index contributed by atoms with van der Waals surface area (Å²) >= 11 is 0. The third-order valence-electron chi connectivity index (χ3n) is 4.11. The van der Waals surface area contributed by atoms with Gasteiger partial charge in [0.2, 0.25) is 0 Å². The van der Waals surface area contributed by atoms with Gasteiger partial charge in [0, 0.05) is 47.9 Å². The number of aromatic hydroxyl groups is 1. The van der Waals surface area contributed by atoms with Crippen molar-refractivity contribution < 1.29 is 15.0 Å². The number of carboxylic acids is 1. The van der Waals surface area contributed by atoms with Crippen molar-refractivity contribution >= 4 is 16.9 Å². The fraction of sp³-hybridized carbons (Fsp3) is 0.471. The second-order valence-electron chi connectivity index (χ2n) is 6.56. The molecule has 0 fully saturated rings. The summed E-state index contributed by atoms with van der Waals surface area (Å²) in [5.41, 5.74) is 3.27. The molecule has 0 saturated carbocycles. The number of aryl methyl sites for hydroxylation is 1. The van der Waals surface area contributed by atoms with E-state index in [-0.39, 0.29) is 11.3 Å². The maximum absolute atomic E-state index is 11.7. The summed E-state index contributed by atoms with van der Waals surface area (Å²) in [5.74, 6) is -0.777. The van der Waals surface area contributed by atoms with Gasteiger partial charge in [0.1, 0.15) is 5.75 Å². The van der Waals surface area contributed by atoms with Crippen molar-refractivity contribution in [1.29, 1.82) is 0 Å². The molecule has 2 N–H and O–H groups in total. The Kier molecular flexibility index (Phi) is 4.68. The maximum atomic E-state index is 11.7. The number of phenolic OH excluding ortho intramolecular Hbond substituents is 1. The van der Waals surface area contributed by atoms with Gasteiger partial charge in [-0.2, -0.15) is 0 Å². The first-order valence-corrected chi connectivity index (χ1v) is 7.50. The van der Waals surface area contributed by atoms with Crippen LogP contribution in [0.2, 0.25) is 0 Å². The first-order valence-electron chi connectivity index (χ1n) is 7.50. The van der Waals surface area contributed by atoms with E-state index in [9.17, 15) is 15.0 Å². The van der Waals surface area contributed by atoms with Crippen molar-refractivity contribution in [1.82, 2.24) is 14.4 Å². The van der Waals surface area contributed by atoms with Gasteiger partial charge in [-0.3, -0.25) is 0 Å². The van der Waals surface area contributed by atoms with E-state index in [2.05, 4.69) is 0 Å². The van der Waals surface area contributed by atoms with Crippen LogP contribution >= 0.6 is 0 Å². The standard InChI is InChI=1S/C17H25N3O3/c1-10-14(17(22)23)15-12(9-19(4)5)16(21)11(8-18(2)3)7-13(15)20(10)6/h7,21H,8-9H2,1-6H3,(H,22,23). The molecule has 0 spiro atoms. The topological polar surface area (TPSA) is 68.9 Å². The number of rotatable bonds is 5. The predicted octanol–water partition coefficient (Wildman–Crippen LogP) is 2.01. The monoisotopic (exact) mass is 319 g/mol. The molecule has 126 valence electrons. The number of benzene rings is 1. The third kappa shape index (κ3) is 3.04. The van der Waals surface area contributed by atoms with E-state index in [1.165, 1.54) is 0 Å².